The van der Waals surface area contributed by atoms with E-state index in [-0.39, 0.29) is 24.4 Å². The number of nitrogens with one attached hydrogen (secondary N) is 3. The summed E-state index contributed by atoms with van der Waals surface area (Å²) in [7, 11) is -2.36. The summed E-state index contributed by atoms with van der Waals surface area (Å²) in [4.78, 5) is 23.9. The summed E-state index contributed by atoms with van der Waals surface area (Å²) in [5.41, 5.74) is -0.134. The summed E-state index contributed by atoms with van der Waals surface area (Å²) in [6, 6.07) is 9.52. The normalized spacial score (nSPS) is 12.8. The highest BCUT2D eigenvalue weighted by Crippen LogP contribution is 2.34. The second-order valence-corrected chi connectivity index (χ2v) is 12.2. The zero-order valence-corrected chi connectivity index (χ0v) is 24.2. The number of rotatable bonds is 9. The molecule has 0 fully saturated rings. The number of sulfonamides is 1. The Hall–Kier alpha value is -4.14. The van der Waals surface area contributed by atoms with Crippen LogP contribution in [0.4, 0.5) is 41.2 Å². The molecule has 1 amide bonds. The van der Waals surface area contributed by atoms with Crippen molar-refractivity contribution in [3.8, 4) is 0 Å². The topological polar surface area (TPSA) is 138 Å². The molecule has 0 unspecified atom stereocenters. The highest BCUT2D eigenvalue weighted by atomic mass is 32.2. The van der Waals surface area contributed by atoms with Crippen molar-refractivity contribution in [3.05, 3.63) is 65.5 Å². The lowest BCUT2D eigenvalue weighted by atomic mass is 10.1. The van der Waals surface area contributed by atoms with Gasteiger partial charge in [-0.25, -0.2) is 23.2 Å². The summed E-state index contributed by atoms with van der Waals surface area (Å²) in [6.07, 6.45) is -2.28. The van der Waals surface area contributed by atoms with Crippen LogP contribution in [0, 0.1) is 0 Å². The Labute approximate surface area is 236 Å². The van der Waals surface area contributed by atoms with E-state index in [0.717, 1.165) is 16.1 Å². The number of nitrogens with zero attached hydrogens (tertiary/aromatic N) is 4. The van der Waals surface area contributed by atoms with E-state index >= 15 is 0 Å². The van der Waals surface area contributed by atoms with Crippen molar-refractivity contribution in [3.63, 3.8) is 0 Å². The van der Waals surface area contributed by atoms with Crippen molar-refractivity contribution in [2.24, 2.45) is 0 Å². The summed E-state index contributed by atoms with van der Waals surface area (Å²) >= 11 is 0. The smallest absolute Gasteiger partial charge is 0.421 e. The maximum atomic E-state index is 13.7. The number of aromatic nitrogens is 3. The van der Waals surface area contributed by atoms with Crippen LogP contribution in [0.3, 0.4) is 0 Å². The van der Waals surface area contributed by atoms with Gasteiger partial charge in [-0.2, -0.15) is 18.2 Å². The van der Waals surface area contributed by atoms with Crippen molar-refractivity contribution in [1.29, 1.82) is 0 Å². The molecule has 41 heavy (non-hydrogen) atoms. The number of benzene rings is 1. The first-order valence-corrected chi connectivity index (χ1v) is 14.2. The molecule has 0 radical (unpaired) electrons. The average molecular weight is 596 g/mol. The van der Waals surface area contributed by atoms with Crippen LogP contribution >= 0.6 is 0 Å². The van der Waals surface area contributed by atoms with Crippen LogP contribution in [-0.4, -0.2) is 48.4 Å². The first-order valence-electron chi connectivity index (χ1n) is 12.4. The predicted molar refractivity (Wildman–Crippen MR) is 149 cm³/mol. The SMILES string of the molecule is C[C@@H](NC(=O)OC(C)(C)C)c1ccc(Nc2ncc(C(F)(F)F)c(NCc3cccnc3N(C)S(C)(=O)=O)n2)cc1. The van der Waals surface area contributed by atoms with Crippen LogP contribution in [0.1, 0.15) is 50.4 Å². The third kappa shape index (κ3) is 8.93. The minimum atomic E-state index is -4.75. The standard InChI is InChI=1S/C26H32F3N7O4S/c1-16(33-24(37)40-25(2,3)4)17-9-11-19(12-10-17)34-23-32-15-20(26(27,28)29)21(35-23)31-14-18-8-7-13-30-22(18)36(5)41(6,38)39/h7-13,15-16H,14H2,1-6H3,(H,33,37)(H2,31,32,34,35)/t16-/m1/s1. The molecule has 1 aromatic carbocycles. The summed E-state index contributed by atoms with van der Waals surface area (Å²) < 4.78 is 71.3. The summed E-state index contributed by atoms with van der Waals surface area (Å²) in [5, 5.41) is 8.24. The van der Waals surface area contributed by atoms with Gasteiger partial charge in [-0.05, 0) is 51.5 Å². The summed E-state index contributed by atoms with van der Waals surface area (Å²) in [5.74, 6) is -0.537. The van der Waals surface area contributed by atoms with E-state index in [9.17, 15) is 26.4 Å². The highest BCUT2D eigenvalue weighted by molar-refractivity contribution is 7.92. The Bertz CT molecular complexity index is 1480. The third-order valence-electron chi connectivity index (χ3n) is 5.60. The van der Waals surface area contributed by atoms with Gasteiger partial charge in [0.1, 0.15) is 22.8 Å². The second-order valence-electron chi connectivity index (χ2n) is 10.1. The lowest BCUT2D eigenvalue weighted by molar-refractivity contribution is -0.137. The Morgan fingerprint density at radius 1 is 1.10 bits per heavy atom. The number of carbonyl (C=O) groups excluding carboxylic acids is 1. The zero-order chi connectivity index (χ0) is 30.6. The molecule has 1 atom stereocenters. The number of hydrogen-bond donors (Lipinski definition) is 3. The average Bonchev–Trinajstić information content (AvgIpc) is 2.85. The fourth-order valence-corrected chi connectivity index (χ4v) is 4.00. The Balaban J connectivity index is 1.78. The molecule has 0 saturated carbocycles. The Kier molecular flexibility index (Phi) is 9.31. The zero-order valence-electron chi connectivity index (χ0n) is 23.4. The number of amides is 1. The van der Waals surface area contributed by atoms with E-state index in [4.69, 9.17) is 4.74 Å². The molecule has 0 aliphatic heterocycles. The third-order valence-corrected chi connectivity index (χ3v) is 6.77. The molecular weight excluding hydrogens is 563 g/mol. The molecule has 222 valence electrons. The number of anilines is 4. The quantitative estimate of drug-likeness (QED) is 0.304. The van der Waals surface area contributed by atoms with Gasteiger partial charge in [0.25, 0.3) is 0 Å². The Morgan fingerprint density at radius 3 is 2.34 bits per heavy atom. The van der Waals surface area contributed by atoms with Gasteiger partial charge in [0, 0.05) is 37.2 Å². The van der Waals surface area contributed by atoms with Gasteiger partial charge in [-0.15, -0.1) is 0 Å². The number of alkyl carbamates (subject to hydrolysis) is 1. The van der Waals surface area contributed by atoms with E-state index < -0.39 is 39.3 Å². The minimum Gasteiger partial charge on any atom is -0.444 e. The van der Waals surface area contributed by atoms with E-state index in [2.05, 4.69) is 30.9 Å². The fourth-order valence-electron chi connectivity index (χ4n) is 3.52. The number of halogens is 3. The van der Waals surface area contributed by atoms with Crippen LogP contribution in [0.15, 0.2) is 48.8 Å². The highest BCUT2D eigenvalue weighted by Gasteiger charge is 2.35. The largest absolute Gasteiger partial charge is 0.444 e. The molecule has 11 nitrogen and oxygen atoms in total. The van der Waals surface area contributed by atoms with Gasteiger partial charge in [0.05, 0.1) is 12.3 Å². The minimum absolute atomic E-state index is 0.0685. The van der Waals surface area contributed by atoms with Gasteiger partial charge in [0.2, 0.25) is 16.0 Å². The number of ether oxygens (including phenoxy) is 1. The van der Waals surface area contributed by atoms with Crippen molar-refractivity contribution >= 4 is 39.4 Å². The maximum Gasteiger partial charge on any atom is 0.421 e. The first kappa shape index (κ1) is 31.4. The fraction of sp³-hybridized carbons (Fsp3) is 0.385. The molecule has 3 rings (SSSR count). The molecule has 3 N–H and O–H groups in total. The van der Waals surface area contributed by atoms with Gasteiger partial charge in [-0.1, -0.05) is 18.2 Å². The lowest BCUT2D eigenvalue weighted by Crippen LogP contribution is -2.34. The van der Waals surface area contributed by atoms with Gasteiger partial charge in [0.15, 0.2) is 0 Å². The van der Waals surface area contributed by atoms with Crippen molar-refractivity contribution in [1.82, 2.24) is 20.3 Å². The van der Waals surface area contributed by atoms with Crippen molar-refractivity contribution < 1.29 is 31.1 Å². The number of alkyl halides is 3. The molecule has 2 aromatic heterocycles. The predicted octanol–water partition coefficient (Wildman–Crippen LogP) is 5.23. The van der Waals surface area contributed by atoms with Crippen LogP contribution in [0.25, 0.3) is 0 Å². The van der Waals surface area contributed by atoms with E-state index in [1.54, 1.807) is 64.1 Å². The van der Waals surface area contributed by atoms with E-state index in [1.165, 1.54) is 13.2 Å². The monoisotopic (exact) mass is 595 g/mol. The molecule has 0 aliphatic carbocycles. The molecule has 0 saturated heterocycles. The van der Waals surface area contributed by atoms with Crippen LogP contribution in [-0.2, 0) is 27.5 Å². The molecule has 3 aromatic rings. The van der Waals surface area contributed by atoms with Crippen LogP contribution in [0.2, 0.25) is 0 Å². The van der Waals surface area contributed by atoms with Crippen molar-refractivity contribution in [2.75, 3.05) is 28.2 Å². The second kappa shape index (κ2) is 12.2. The molecule has 15 heteroatoms. The molecular formula is C26H32F3N7O4S. The number of pyridine rings is 1. The summed E-state index contributed by atoms with van der Waals surface area (Å²) in [6.45, 7) is 6.87. The molecule has 2 heterocycles. The number of carbonyl (C=O) groups is 1. The molecule has 0 bridgehead atoms. The van der Waals surface area contributed by atoms with Crippen LogP contribution in [0.5, 0.6) is 0 Å². The number of hydrogen-bond acceptors (Lipinski definition) is 9. The van der Waals surface area contributed by atoms with Crippen LogP contribution < -0.4 is 20.3 Å². The Morgan fingerprint density at radius 2 is 1.76 bits per heavy atom. The molecule has 0 spiro atoms. The van der Waals surface area contributed by atoms with Gasteiger partial charge in [-0.3, -0.25) is 4.31 Å². The maximum absolute atomic E-state index is 13.7. The molecule has 0 aliphatic rings. The van der Waals surface area contributed by atoms with Crippen molar-refractivity contribution in [2.45, 2.75) is 52.1 Å². The van der Waals surface area contributed by atoms with Gasteiger partial charge >= 0.3 is 12.3 Å². The lowest BCUT2D eigenvalue weighted by Gasteiger charge is -2.22. The van der Waals surface area contributed by atoms with E-state index in [0.29, 0.717) is 17.4 Å². The van der Waals surface area contributed by atoms with Gasteiger partial charge < -0.3 is 20.7 Å². The van der Waals surface area contributed by atoms with E-state index in [1.807, 2.05) is 0 Å². The first-order chi connectivity index (χ1) is 18.9.